The van der Waals surface area contributed by atoms with Crippen LogP contribution in [0, 0.1) is 0 Å². The van der Waals surface area contributed by atoms with Gasteiger partial charge in [-0.3, -0.25) is 18.6 Å². The van der Waals surface area contributed by atoms with E-state index < -0.39 is 75.7 Å². The zero-order chi connectivity index (χ0) is 42.9. The van der Waals surface area contributed by atoms with Crippen molar-refractivity contribution in [2.45, 2.75) is 191 Å². The largest absolute Gasteiger partial charge is 0.472 e. The molecule has 0 spiro atoms. The van der Waals surface area contributed by atoms with E-state index in [0.717, 1.165) is 51.4 Å². The van der Waals surface area contributed by atoms with Crippen molar-refractivity contribution in [2.24, 2.45) is 0 Å². The zero-order valence-corrected chi connectivity index (χ0v) is 36.0. The lowest BCUT2D eigenvalue weighted by atomic mass is 9.85. The van der Waals surface area contributed by atoms with Crippen LogP contribution in [0.4, 0.5) is 0 Å². The van der Waals surface area contributed by atoms with Crippen LogP contribution in [0.3, 0.4) is 0 Å². The predicted molar refractivity (Wildman–Crippen MR) is 226 cm³/mol. The summed E-state index contributed by atoms with van der Waals surface area (Å²) in [4.78, 5) is 35.5. The molecule has 6 N–H and O–H groups in total. The second-order valence-electron chi connectivity index (χ2n) is 14.8. The van der Waals surface area contributed by atoms with E-state index >= 15 is 0 Å². The minimum atomic E-state index is -5.13. The number of unbranched alkanes of at least 4 members (excludes halogenated alkanes) is 12. The normalized spacial score (nSPS) is 23.1. The van der Waals surface area contributed by atoms with Crippen LogP contribution >= 0.6 is 7.82 Å². The molecule has 0 saturated heterocycles. The van der Waals surface area contributed by atoms with Crippen LogP contribution in [0.1, 0.15) is 149 Å². The Morgan fingerprint density at radius 3 is 1.48 bits per heavy atom. The smallest absolute Gasteiger partial charge is 0.462 e. The van der Waals surface area contributed by atoms with E-state index in [0.29, 0.717) is 19.3 Å². The Morgan fingerprint density at radius 2 is 0.966 bits per heavy atom. The molecule has 13 nitrogen and oxygen atoms in total. The molecule has 8 atom stereocenters. The summed E-state index contributed by atoms with van der Waals surface area (Å²) >= 11 is 0. The lowest BCUT2D eigenvalue weighted by Crippen LogP contribution is -2.64. The second-order valence-corrected chi connectivity index (χ2v) is 16.3. The van der Waals surface area contributed by atoms with E-state index in [1.54, 1.807) is 0 Å². The summed E-state index contributed by atoms with van der Waals surface area (Å²) in [6.45, 7) is 3.16. The number of phosphoric acid groups is 1. The number of aliphatic hydroxyl groups excluding tert-OH is 5. The molecule has 0 radical (unpaired) electrons. The molecule has 1 fully saturated rings. The molecule has 0 amide bonds. The number of hydrogen-bond donors (Lipinski definition) is 6. The van der Waals surface area contributed by atoms with Crippen molar-refractivity contribution < 1.29 is 63.1 Å². The Kier molecular flexibility index (Phi) is 31.7. The lowest BCUT2D eigenvalue weighted by molar-refractivity contribution is -0.220. The summed E-state index contributed by atoms with van der Waals surface area (Å²) in [6.07, 6.45) is 27.3. The molecule has 1 aliphatic rings. The van der Waals surface area contributed by atoms with Crippen LogP contribution in [0.25, 0.3) is 0 Å². The van der Waals surface area contributed by atoms with E-state index in [1.807, 2.05) is 18.2 Å². The Bertz CT molecular complexity index is 1250. The van der Waals surface area contributed by atoms with Gasteiger partial charge in [0.1, 0.15) is 43.2 Å². The average Bonchev–Trinajstić information content (AvgIpc) is 3.20. The molecule has 0 aromatic rings. The number of carbonyl (C=O) groups excluding carboxylic acids is 2. The van der Waals surface area contributed by atoms with Gasteiger partial charge in [-0.15, -0.1) is 0 Å². The van der Waals surface area contributed by atoms with Gasteiger partial charge in [0.25, 0.3) is 0 Å². The maximum Gasteiger partial charge on any atom is 0.472 e. The number of esters is 2. The molecule has 0 heterocycles. The summed E-state index contributed by atoms with van der Waals surface area (Å²) in [5.41, 5.74) is 0. The van der Waals surface area contributed by atoms with Crippen LogP contribution in [-0.4, -0.2) is 98.3 Å². The van der Waals surface area contributed by atoms with Crippen LogP contribution in [-0.2, 0) is 32.7 Å². The van der Waals surface area contributed by atoms with E-state index in [2.05, 4.69) is 56.4 Å². The summed E-state index contributed by atoms with van der Waals surface area (Å²) in [7, 11) is -5.13. The standard InChI is InChI=1S/C44H75O13P/c1-3-5-7-9-11-13-15-16-17-18-19-20-21-22-23-25-26-28-30-32-37(45)54-34-36(56-38(46)33-31-29-27-24-14-12-10-8-6-4-2)35-55-58(52,53)57-44-42(50)40(48)39(47)41(49)43(44)51/h11,13,16-17,19-20,22-23,26,28,36,39-44,47-51H,3-10,12,14-15,18,21,24-25,27,29-35H2,1-2H3,(H,52,53)/b13-11+,17-16+,20-19+,23-22+,28-26+/t36-,39?,40-,41?,42?,43?,44?/m0/s1. The Balaban J connectivity index is 2.52. The van der Waals surface area contributed by atoms with Gasteiger partial charge in [-0.1, -0.05) is 145 Å². The molecule has 1 saturated carbocycles. The van der Waals surface area contributed by atoms with Crippen molar-refractivity contribution >= 4 is 19.8 Å². The molecule has 6 unspecified atom stereocenters. The number of allylic oxidation sites excluding steroid dienone is 10. The first-order valence-electron chi connectivity index (χ1n) is 21.6. The predicted octanol–water partition coefficient (Wildman–Crippen LogP) is 7.77. The van der Waals surface area contributed by atoms with E-state index in [1.165, 1.54) is 51.4 Å². The molecule has 1 rings (SSSR count). The first-order chi connectivity index (χ1) is 27.9. The molecular formula is C44H75O13P. The van der Waals surface area contributed by atoms with Crippen LogP contribution in [0.15, 0.2) is 60.8 Å². The molecule has 0 aromatic heterocycles. The maximum atomic E-state index is 12.8. The molecule has 0 bridgehead atoms. The molecule has 1 aliphatic carbocycles. The fourth-order valence-corrected chi connectivity index (χ4v) is 7.06. The minimum Gasteiger partial charge on any atom is -0.462 e. The SMILES string of the molecule is CCCCC/C=C/C/C=C/C/C=C/C/C=C/C/C=C/CCC(=O)OC[C@@H](COP(=O)(O)OC1C(O)C(O)C(O)[C@H](O)C1O)OC(=O)CCCCCCCCCCCC. The zero-order valence-electron chi connectivity index (χ0n) is 35.1. The summed E-state index contributed by atoms with van der Waals surface area (Å²) in [5, 5.41) is 50.0. The molecule has 14 heteroatoms. The van der Waals surface area contributed by atoms with Gasteiger partial charge in [0.15, 0.2) is 6.10 Å². The van der Waals surface area contributed by atoms with Crippen LogP contribution < -0.4 is 0 Å². The molecule has 58 heavy (non-hydrogen) atoms. The monoisotopic (exact) mass is 842 g/mol. The van der Waals surface area contributed by atoms with E-state index in [9.17, 15) is 44.6 Å². The molecule has 334 valence electrons. The highest BCUT2D eigenvalue weighted by Crippen LogP contribution is 2.47. The number of rotatable bonds is 34. The third-order valence-corrected chi connectivity index (χ3v) is 10.6. The summed E-state index contributed by atoms with van der Waals surface area (Å²) < 4.78 is 33.3. The molecular weight excluding hydrogens is 767 g/mol. The molecule has 0 aliphatic heterocycles. The van der Waals surface area contributed by atoms with Crippen molar-refractivity contribution in [2.75, 3.05) is 13.2 Å². The number of phosphoric ester groups is 1. The summed E-state index contributed by atoms with van der Waals surface area (Å²) in [6, 6.07) is 0. The number of carbonyl (C=O) groups is 2. The molecule has 0 aromatic carbocycles. The van der Waals surface area contributed by atoms with Crippen molar-refractivity contribution in [1.29, 1.82) is 0 Å². The summed E-state index contributed by atoms with van der Waals surface area (Å²) in [5.74, 6) is -1.20. The van der Waals surface area contributed by atoms with Crippen LogP contribution in [0.5, 0.6) is 0 Å². The maximum absolute atomic E-state index is 12.8. The van der Waals surface area contributed by atoms with Crippen molar-refractivity contribution in [1.82, 2.24) is 0 Å². The highest BCUT2D eigenvalue weighted by molar-refractivity contribution is 7.47. The Morgan fingerprint density at radius 1 is 0.534 bits per heavy atom. The van der Waals surface area contributed by atoms with Gasteiger partial charge in [0.2, 0.25) is 0 Å². The number of ether oxygens (including phenoxy) is 2. The van der Waals surface area contributed by atoms with E-state index in [-0.39, 0.29) is 12.8 Å². The van der Waals surface area contributed by atoms with Crippen LogP contribution in [0.2, 0.25) is 0 Å². The first-order valence-corrected chi connectivity index (χ1v) is 23.1. The van der Waals surface area contributed by atoms with Gasteiger partial charge in [-0.25, -0.2) is 4.57 Å². The van der Waals surface area contributed by atoms with Gasteiger partial charge in [0, 0.05) is 12.8 Å². The van der Waals surface area contributed by atoms with Gasteiger partial charge >= 0.3 is 19.8 Å². The highest BCUT2D eigenvalue weighted by Gasteiger charge is 2.51. The van der Waals surface area contributed by atoms with Crippen molar-refractivity contribution in [3.8, 4) is 0 Å². The fraction of sp³-hybridized carbons (Fsp3) is 0.727. The second kappa shape index (κ2) is 34.3. The Labute approximate surface area is 347 Å². The quantitative estimate of drug-likeness (QED) is 0.0159. The highest BCUT2D eigenvalue weighted by atomic mass is 31.2. The third kappa shape index (κ3) is 26.6. The van der Waals surface area contributed by atoms with Gasteiger partial charge < -0.3 is 39.9 Å². The Hall–Kier alpha value is -2.45. The average molecular weight is 843 g/mol. The lowest BCUT2D eigenvalue weighted by Gasteiger charge is -2.41. The van der Waals surface area contributed by atoms with E-state index in [4.69, 9.17) is 18.5 Å². The first kappa shape index (κ1) is 53.6. The fourth-order valence-electron chi connectivity index (χ4n) is 6.09. The topological polar surface area (TPSA) is 210 Å². The van der Waals surface area contributed by atoms with Gasteiger partial charge in [0.05, 0.1) is 6.61 Å². The number of hydrogen-bond acceptors (Lipinski definition) is 12. The van der Waals surface area contributed by atoms with Gasteiger partial charge in [-0.2, -0.15) is 0 Å². The van der Waals surface area contributed by atoms with Crippen molar-refractivity contribution in [3.05, 3.63) is 60.8 Å². The van der Waals surface area contributed by atoms with Crippen molar-refractivity contribution in [3.63, 3.8) is 0 Å². The van der Waals surface area contributed by atoms with Gasteiger partial charge in [-0.05, 0) is 51.4 Å². The minimum absolute atomic E-state index is 0.0425. The number of aliphatic hydroxyl groups is 5. The third-order valence-electron chi connectivity index (χ3n) is 9.63.